The molecule has 0 radical (unpaired) electrons. The summed E-state index contributed by atoms with van der Waals surface area (Å²) in [5, 5.41) is 7.75. The van der Waals surface area contributed by atoms with Gasteiger partial charge in [0.1, 0.15) is 0 Å². The van der Waals surface area contributed by atoms with E-state index >= 15 is 0 Å². The van der Waals surface area contributed by atoms with Crippen LogP contribution >= 0.6 is 0 Å². The van der Waals surface area contributed by atoms with Gasteiger partial charge in [0, 0.05) is 32.2 Å². The average Bonchev–Trinajstić information content (AvgIpc) is 2.48. The van der Waals surface area contributed by atoms with Crippen LogP contribution in [0.4, 0.5) is 5.69 Å². The highest BCUT2D eigenvalue weighted by Crippen LogP contribution is 2.08. The van der Waals surface area contributed by atoms with Gasteiger partial charge in [0.15, 0.2) is 0 Å². The first kappa shape index (κ1) is 17.7. The van der Waals surface area contributed by atoms with E-state index in [1.165, 1.54) is 0 Å². The van der Waals surface area contributed by atoms with E-state index in [1.807, 2.05) is 7.05 Å². The number of aryl methyl sites for hydroxylation is 1. The summed E-state index contributed by atoms with van der Waals surface area (Å²) in [7, 11) is 1.99. The summed E-state index contributed by atoms with van der Waals surface area (Å²) in [6, 6.07) is 2.23. The third kappa shape index (κ3) is 5.87. The number of aromatic nitrogens is 2. The third-order valence-electron chi connectivity index (χ3n) is 3.76. The fraction of sp³-hybridized carbons (Fsp3) is 0.750. The van der Waals surface area contributed by atoms with Gasteiger partial charge in [0.25, 0.3) is 5.56 Å². The molecule has 21 heavy (non-hydrogen) atoms. The summed E-state index contributed by atoms with van der Waals surface area (Å²) in [6.45, 7) is 9.07. The fourth-order valence-electron chi connectivity index (χ4n) is 2.49. The normalized spacial score (nSPS) is 12.4. The van der Waals surface area contributed by atoms with E-state index in [9.17, 15) is 4.79 Å². The van der Waals surface area contributed by atoms with Gasteiger partial charge in [-0.15, -0.1) is 0 Å². The fourth-order valence-corrected chi connectivity index (χ4v) is 2.49. The highest BCUT2D eigenvalue weighted by atomic mass is 16.1. The van der Waals surface area contributed by atoms with E-state index < -0.39 is 0 Å². The Balaban J connectivity index is 2.55. The summed E-state index contributed by atoms with van der Waals surface area (Å²) in [4.78, 5) is 14.1. The largest absolute Gasteiger partial charge is 0.373 e. The molecule has 0 amide bonds. The molecule has 1 aromatic rings. The van der Waals surface area contributed by atoms with Crippen molar-refractivity contribution >= 4 is 5.69 Å². The molecule has 1 atom stereocenters. The Morgan fingerprint density at radius 2 is 2.14 bits per heavy atom. The number of hydrogen-bond donors (Lipinski definition) is 1. The smallest absolute Gasteiger partial charge is 0.268 e. The van der Waals surface area contributed by atoms with Gasteiger partial charge in [-0.2, -0.15) is 5.10 Å². The van der Waals surface area contributed by atoms with Crippen molar-refractivity contribution in [3.63, 3.8) is 0 Å². The van der Waals surface area contributed by atoms with Crippen molar-refractivity contribution in [2.24, 2.45) is 0 Å². The Bertz CT molecular complexity index is 458. The maximum atomic E-state index is 12.1. The molecule has 0 saturated carbocycles. The number of anilines is 1. The molecule has 5 heteroatoms. The van der Waals surface area contributed by atoms with Gasteiger partial charge in [-0.25, -0.2) is 4.68 Å². The van der Waals surface area contributed by atoms with Crippen molar-refractivity contribution < 1.29 is 0 Å². The molecule has 0 aliphatic carbocycles. The molecule has 1 rings (SSSR count). The first-order chi connectivity index (χ1) is 10.1. The quantitative estimate of drug-likeness (QED) is 0.719. The van der Waals surface area contributed by atoms with Crippen LogP contribution in [0.15, 0.2) is 17.1 Å². The van der Waals surface area contributed by atoms with Crippen LogP contribution < -0.4 is 15.8 Å². The molecule has 0 aromatic carbocycles. The summed E-state index contributed by atoms with van der Waals surface area (Å²) in [6.07, 6.45) is 6.02. The lowest BCUT2D eigenvalue weighted by molar-refractivity contribution is 0.433. The summed E-state index contributed by atoms with van der Waals surface area (Å²) in [5.74, 6) is 0. The minimum absolute atomic E-state index is 0.00745. The zero-order valence-corrected chi connectivity index (χ0v) is 13.9. The first-order valence-electron chi connectivity index (χ1n) is 8.14. The van der Waals surface area contributed by atoms with Crippen molar-refractivity contribution in [2.75, 3.05) is 25.0 Å². The highest BCUT2D eigenvalue weighted by Gasteiger charge is 2.06. The van der Waals surface area contributed by atoms with Gasteiger partial charge in [-0.3, -0.25) is 4.79 Å². The van der Waals surface area contributed by atoms with E-state index in [1.54, 1.807) is 16.9 Å². The van der Waals surface area contributed by atoms with Crippen LogP contribution in [0.2, 0.25) is 0 Å². The van der Waals surface area contributed by atoms with Gasteiger partial charge >= 0.3 is 0 Å². The van der Waals surface area contributed by atoms with Crippen molar-refractivity contribution in [3.05, 3.63) is 22.6 Å². The van der Waals surface area contributed by atoms with Crippen LogP contribution in [-0.2, 0) is 6.54 Å². The Morgan fingerprint density at radius 3 is 2.71 bits per heavy atom. The maximum absolute atomic E-state index is 12.1. The van der Waals surface area contributed by atoms with Crippen LogP contribution in [0.1, 0.15) is 46.5 Å². The molecule has 5 nitrogen and oxygen atoms in total. The molecule has 1 unspecified atom stereocenters. The van der Waals surface area contributed by atoms with Crippen molar-refractivity contribution in [1.29, 1.82) is 0 Å². The second-order valence-electron chi connectivity index (χ2n) is 5.50. The predicted molar refractivity (Wildman–Crippen MR) is 89.0 cm³/mol. The van der Waals surface area contributed by atoms with E-state index in [-0.39, 0.29) is 5.56 Å². The van der Waals surface area contributed by atoms with Crippen LogP contribution in [0.5, 0.6) is 0 Å². The Labute approximate surface area is 128 Å². The molecule has 120 valence electrons. The van der Waals surface area contributed by atoms with Crippen molar-refractivity contribution in [2.45, 2.75) is 59.0 Å². The van der Waals surface area contributed by atoms with E-state index in [0.29, 0.717) is 12.6 Å². The van der Waals surface area contributed by atoms with E-state index in [2.05, 4.69) is 36.1 Å². The zero-order valence-electron chi connectivity index (χ0n) is 13.9. The lowest BCUT2D eigenvalue weighted by Crippen LogP contribution is -2.29. The Morgan fingerprint density at radius 1 is 1.38 bits per heavy atom. The Hall–Kier alpha value is -1.36. The standard InChI is InChI=1S/C16H30N4O/c1-5-10-19(4)15-12-16(21)20(18-13-15)11-8-9-14(6-2)17-7-3/h12-14,17H,5-11H2,1-4H3. The second kappa shape index (κ2) is 9.55. The monoisotopic (exact) mass is 294 g/mol. The topological polar surface area (TPSA) is 50.2 Å². The first-order valence-corrected chi connectivity index (χ1v) is 8.14. The SMILES string of the molecule is CCCN(C)c1cnn(CCCC(CC)NCC)c(=O)c1. The maximum Gasteiger partial charge on any atom is 0.268 e. The number of rotatable bonds is 10. The number of nitrogens with one attached hydrogen (secondary N) is 1. The van der Waals surface area contributed by atoms with Crippen LogP contribution in [0.25, 0.3) is 0 Å². The molecular formula is C16H30N4O. The van der Waals surface area contributed by atoms with Crippen molar-refractivity contribution in [3.8, 4) is 0 Å². The number of hydrogen-bond acceptors (Lipinski definition) is 4. The van der Waals surface area contributed by atoms with E-state index in [4.69, 9.17) is 0 Å². The van der Waals surface area contributed by atoms with Crippen LogP contribution in [-0.4, -0.2) is 36.0 Å². The highest BCUT2D eigenvalue weighted by molar-refractivity contribution is 5.41. The predicted octanol–water partition coefficient (Wildman–Crippen LogP) is 2.26. The molecule has 0 aliphatic rings. The lowest BCUT2D eigenvalue weighted by atomic mass is 10.1. The van der Waals surface area contributed by atoms with Crippen molar-refractivity contribution in [1.82, 2.24) is 15.1 Å². The number of nitrogens with zero attached hydrogens (tertiary/aromatic N) is 3. The average molecular weight is 294 g/mol. The second-order valence-corrected chi connectivity index (χ2v) is 5.50. The van der Waals surface area contributed by atoms with E-state index in [0.717, 1.165) is 44.5 Å². The molecule has 1 heterocycles. The molecule has 0 bridgehead atoms. The van der Waals surface area contributed by atoms with Gasteiger partial charge in [0.2, 0.25) is 0 Å². The van der Waals surface area contributed by atoms with Gasteiger partial charge in [-0.1, -0.05) is 20.8 Å². The Kier molecular flexibility index (Phi) is 8.05. The summed E-state index contributed by atoms with van der Waals surface area (Å²) in [5.41, 5.74) is 0.893. The van der Waals surface area contributed by atoms with Gasteiger partial charge < -0.3 is 10.2 Å². The molecule has 0 saturated heterocycles. The molecule has 1 N–H and O–H groups in total. The minimum Gasteiger partial charge on any atom is -0.373 e. The van der Waals surface area contributed by atoms with Gasteiger partial charge in [-0.05, 0) is 32.2 Å². The molecule has 0 fully saturated rings. The van der Waals surface area contributed by atoms with Crippen LogP contribution in [0, 0.1) is 0 Å². The lowest BCUT2D eigenvalue weighted by Gasteiger charge is -2.18. The molecule has 1 aromatic heterocycles. The minimum atomic E-state index is -0.00745. The molecular weight excluding hydrogens is 264 g/mol. The summed E-state index contributed by atoms with van der Waals surface area (Å²) < 4.78 is 1.57. The third-order valence-corrected chi connectivity index (χ3v) is 3.76. The molecule has 0 spiro atoms. The zero-order chi connectivity index (χ0) is 15.7. The van der Waals surface area contributed by atoms with Crippen LogP contribution in [0.3, 0.4) is 0 Å². The van der Waals surface area contributed by atoms with Gasteiger partial charge in [0.05, 0.1) is 11.9 Å². The summed E-state index contributed by atoms with van der Waals surface area (Å²) >= 11 is 0. The molecule has 0 aliphatic heterocycles.